The Labute approximate surface area is 709 Å². The summed E-state index contributed by atoms with van der Waals surface area (Å²) in [6.07, 6.45) is 0.190. The Bertz CT molecular complexity index is 4170. The lowest BCUT2D eigenvalue weighted by molar-refractivity contribution is -0.151. The monoisotopic (exact) mass is 1640 g/mol. The summed E-state index contributed by atoms with van der Waals surface area (Å²) in [5, 5.41) is 11.8. The molecular formula is C100H124N4O16. The van der Waals surface area contributed by atoms with Crippen LogP contribution in [0.15, 0.2) is 170 Å². The first kappa shape index (κ1) is 92.6. The van der Waals surface area contributed by atoms with Gasteiger partial charge in [-0.1, -0.05) is 308 Å². The standard InChI is InChI=1S/C100H124N4O16/c1-61(2)85(93(109)117-53-65-33-25-21-26-34-65)101-81(105)57-113-89-69-41-71-47-78(98(12,13)14)49-73(90(71)114-58-82(106)102-86(62(3)4)94(110)118-54-66-35-27-22-28-36-66)43-75-51-80(100(18,19)20)52-76(92(75)116-60-84(108)104-88(64(7)8)96(112)120-56-68-39-31-24-32-40-68)44-74-50-79(99(15,16)17)48-72(42-70(89)46-77(45-69)97(9,10)11)91(74)115-59-83(107)103-87(63(5)6)95(111)119-55-67-37-29-23-30-38-67/h21-40,45-52,61-64,85-88H,41-44,53-60H2,1-20H3,(H,101,105)(H,102,106)(H,103,107)(H,104,108). The Morgan fingerprint density at radius 3 is 0.567 bits per heavy atom. The van der Waals surface area contributed by atoms with Crippen LogP contribution in [0.4, 0.5) is 0 Å². The summed E-state index contributed by atoms with van der Waals surface area (Å²) in [6, 6.07) is 49.3. The van der Waals surface area contributed by atoms with Crippen molar-refractivity contribution in [3.63, 3.8) is 0 Å². The highest BCUT2D eigenvalue weighted by molar-refractivity contribution is 5.88. The van der Waals surface area contributed by atoms with Crippen molar-refractivity contribution in [1.82, 2.24) is 21.3 Å². The highest BCUT2D eigenvalue weighted by Crippen LogP contribution is 2.45. The van der Waals surface area contributed by atoms with Crippen molar-refractivity contribution in [3.05, 3.63) is 259 Å². The van der Waals surface area contributed by atoms with E-state index in [1.807, 2.05) is 177 Å². The molecule has 20 heteroatoms. The van der Waals surface area contributed by atoms with Crippen LogP contribution in [-0.4, -0.2) is 98.1 Å². The summed E-state index contributed by atoms with van der Waals surface area (Å²) < 4.78 is 51.7. The number of fused-ring (bicyclic) bond motifs is 8. The Balaban J connectivity index is 1.28. The van der Waals surface area contributed by atoms with Gasteiger partial charge in [0.25, 0.3) is 23.6 Å². The highest BCUT2D eigenvalue weighted by atomic mass is 16.6. The van der Waals surface area contributed by atoms with Crippen LogP contribution in [0.3, 0.4) is 0 Å². The number of ether oxygens (including phenoxy) is 8. The molecule has 0 aliphatic heterocycles. The highest BCUT2D eigenvalue weighted by Gasteiger charge is 2.35. The molecule has 0 spiro atoms. The van der Waals surface area contributed by atoms with Gasteiger partial charge in [0.1, 0.15) is 73.6 Å². The summed E-state index contributed by atoms with van der Waals surface area (Å²) in [4.78, 5) is 116. The van der Waals surface area contributed by atoms with Crippen molar-refractivity contribution in [2.45, 2.75) is 236 Å². The number of amides is 4. The number of hydrogen-bond donors (Lipinski definition) is 4. The first-order valence-corrected chi connectivity index (χ1v) is 41.8. The van der Waals surface area contributed by atoms with Gasteiger partial charge >= 0.3 is 23.9 Å². The first-order chi connectivity index (χ1) is 56.6. The zero-order valence-electron chi connectivity index (χ0n) is 73.8. The summed E-state index contributed by atoms with van der Waals surface area (Å²) in [7, 11) is 0. The molecular weight excluding hydrogens is 1510 g/mol. The fraction of sp³-hybridized carbons (Fsp3) is 0.440. The zero-order chi connectivity index (χ0) is 87.6. The van der Waals surface area contributed by atoms with E-state index in [4.69, 9.17) is 37.9 Å². The van der Waals surface area contributed by atoms with E-state index in [1.165, 1.54) is 0 Å². The quantitative estimate of drug-likeness (QED) is 0.0226. The predicted octanol–water partition coefficient (Wildman–Crippen LogP) is 16.6. The van der Waals surface area contributed by atoms with Crippen LogP contribution in [0.5, 0.6) is 23.0 Å². The Hall–Kier alpha value is -11.3. The summed E-state index contributed by atoms with van der Waals surface area (Å²) in [5.74, 6) is -5.27. The number of carbonyl (C=O) groups is 8. The predicted molar refractivity (Wildman–Crippen MR) is 466 cm³/mol. The van der Waals surface area contributed by atoms with Crippen LogP contribution in [-0.2, 0) is 131 Å². The molecule has 4 N–H and O–H groups in total. The normalized spacial score (nSPS) is 13.4. The van der Waals surface area contributed by atoms with Crippen LogP contribution < -0.4 is 40.2 Å². The summed E-state index contributed by atoms with van der Waals surface area (Å²) >= 11 is 0. The van der Waals surface area contributed by atoms with Gasteiger partial charge in [-0.15, -0.1) is 0 Å². The third kappa shape index (κ3) is 26.4. The molecule has 1 aliphatic carbocycles. The van der Waals surface area contributed by atoms with Crippen molar-refractivity contribution in [2.24, 2.45) is 23.7 Å². The van der Waals surface area contributed by atoms with Crippen molar-refractivity contribution < 1.29 is 76.3 Å². The van der Waals surface area contributed by atoms with Crippen molar-refractivity contribution in [1.29, 1.82) is 0 Å². The molecule has 4 amide bonds. The number of nitrogens with one attached hydrogen (secondary N) is 4. The molecule has 9 rings (SSSR count). The molecule has 4 unspecified atom stereocenters. The lowest BCUT2D eigenvalue weighted by atomic mass is 9.79. The zero-order valence-corrected chi connectivity index (χ0v) is 73.8. The van der Waals surface area contributed by atoms with Crippen LogP contribution in [0, 0.1) is 23.7 Å². The van der Waals surface area contributed by atoms with E-state index >= 15 is 0 Å². The molecule has 8 aromatic rings. The van der Waals surface area contributed by atoms with Gasteiger partial charge < -0.3 is 59.2 Å². The van der Waals surface area contributed by atoms with E-state index in [9.17, 15) is 38.4 Å². The third-order valence-corrected chi connectivity index (χ3v) is 21.2. The fourth-order valence-electron chi connectivity index (χ4n) is 14.0. The number of rotatable bonds is 32. The van der Waals surface area contributed by atoms with E-state index < -0.39 is 143 Å². The van der Waals surface area contributed by atoms with Crippen LogP contribution in [0.2, 0.25) is 0 Å². The second kappa shape index (κ2) is 41.1. The van der Waals surface area contributed by atoms with Gasteiger partial charge in [-0.05, 0) is 134 Å². The van der Waals surface area contributed by atoms with E-state index in [1.54, 1.807) is 0 Å². The molecule has 0 saturated carbocycles. The SMILES string of the molecule is CC(C)C(NC(=O)COc1c2cc(C(C)(C)C)cc1Cc1cc(C(C)(C)C)cc(c1OCC(=O)NC(C(=O)OCc1ccccc1)C(C)C)Cc1cc(C(C)(C)C)cc(c1OCC(=O)NC(C(=O)OCc1ccccc1)C(C)C)Cc1cc(C(C)(C)C)cc(c1OCC(=O)NC(C(=O)OCc1ccccc1)C(C)C)C2)C(=O)OCc1ccccc1. The maximum Gasteiger partial charge on any atom is 0.329 e. The minimum Gasteiger partial charge on any atom is -0.483 e. The maximum absolute atomic E-state index is 14.9. The molecule has 0 heterocycles. The molecule has 120 heavy (non-hydrogen) atoms. The van der Waals surface area contributed by atoms with Crippen molar-refractivity contribution in [3.8, 4) is 23.0 Å². The van der Waals surface area contributed by atoms with Gasteiger partial charge in [-0.25, -0.2) is 19.2 Å². The largest absolute Gasteiger partial charge is 0.483 e. The molecule has 8 bridgehead atoms. The lowest BCUT2D eigenvalue weighted by Crippen LogP contribution is -2.47. The topological polar surface area (TPSA) is 259 Å². The van der Waals surface area contributed by atoms with Gasteiger partial charge in [0, 0.05) is 25.7 Å². The number of carbonyl (C=O) groups excluding carboxylic acids is 8. The molecule has 20 nitrogen and oxygen atoms in total. The molecule has 4 atom stereocenters. The Morgan fingerprint density at radius 1 is 0.267 bits per heavy atom. The fourth-order valence-corrected chi connectivity index (χ4v) is 14.0. The molecule has 1 aliphatic rings. The average Bonchev–Trinajstić information content (AvgIpc) is 0.758. The second-order valence-corrected chi connectivity index (χ2v) is 36.9. The van der Waals surface area contributed by atoms with Gasteiger partial charge in [-0.3, -0.25) is 19.2 Å². The Kier molecular flexibility index (Phi) is 31.7. The molecule has 0 radical (unpaired) electrons. The minimum absolute atomic E-state index is 0.0107. The van der Waals surface area contributed by atoms with Crippen LogP contribution in [0.25, 0.3) is 0 Å². The summed E-state index contributed by atoms with van der Waals surface area (Å²) in [5.41, 5.74) is 9.28. The molecule has 0 saturated heterocycles. The van der Waals surface area contributed by atoms with E-state index in [0.29, 0.717) is 67.5 Å². The van der Waals surface area contributed by atoms with Gasteiger partial charge in [-0.2, -0.15) is 0 Å². The van der Waals surface area contributed by atoms with E-state index in [-0.39, 0.29) is 52.1 Å². The van der Waals surface area contributed by atoms with Crippen molar-refractivity contribution >= 4 is 47.5 Å². The van der Waals surface area contributed by atoms with Crippen LogP contribution >= 0.6 is 0 Å². The summed E-state index contributed by atoms with van der Waals surface area (Å²) in [6.45, 7) is 37.5. The average molecular weight is 1640 g/mol. The van der Waals surface area contributed by atoms with Gasteiger partial charge in [0.05, 0.1) is 0 Å². The molecule has 0 aromatic heterocycles. The lowest BCUT2D eigenvalue weighted by Gasteiger charge is -2.29. The number of hydrogen-bond acceptors (Lipinski definition) is 16. The maximum atomic E-state index is 14.9. The Morgan fingerprint density at radius 2 is 0.425 bits per heavy atom. The third-order valence-electron chi connectivity index (χ3n) is 21.2. The first-order valence-electron chi connectivity index (χ1n) is 41.8. The number of esters is 4. The van der Waals surface area contributed by atoms with Crippen LogP contribution in [0.1, 0.15) is 227 Å². The van der Waals surface area contributed by atoms with E-state index in [0.717, 1.165) is 44.5 Å². The minimum atomic E-state index is -1.07. The van der Waals surface area contributed by atoms with E-state index in [2.05, 4.69) is 153 Å². The number of benzene rings is 8. The smallest absolute Gasteiger partial charge is 0.329 e. The van der Waals surface area contributed by atoms with Gasteiger partial charge in [0.15, 0.2) is 26.4 Å². The van der Waals surface area contributed by atoms with Crippen molar-refractivity contribution in [2.75, 3.05) is 26.4 Å². The van der Waals surface area contributed by atoms with Gasteiger partial charge in [0.2, 0.25) is 0 Å². The second-order valence-electron chi connectivity index (χ2n) is 36.9. The molecule has 0 fully saturated rings. The molecule has 640 valence electrons. The molecule has 8 aromatic carbocycles.